The molecule has 3 N–H and O–H groups in total. The van der Waals surface area contributed by atoms with Gasteiger partial charge in [-0.1, -0.05) is 17.7 Å². The van der Waals surface area contributed by atoms with E-state index in [0.29, 0.717) is 29.5 Å². The molecule has 0 amide bonds. The van der Waals surface area contributed by atoms with Crippen LogP contribution in [0.25, 0.3) is 0 Å². The fraction of sp³-hybridized carbons (Fsp3) is 0.625. The molecule has 0 bridgehead atoms. The van der Waals surface area contributed by atoms with Gasteiger partial charge in [0.25, 0.3) is 0 Å². The van der Waals surface area contributed by atoms with Crippen LogP contribution in [0.3, 0.4) is 0 Å². The summed E-state index contributed by atoms with van der Waals surface area (Å²) in [4.78, 5) is 1.73. The number of rotatable bonds is 8. The first kappa shape index (κ1) is 20.2. The van der Waals surface area contributed by atoms with Crippen LogP contribution in [0.2, 0.25) is 5.02 Å². The fourth-order valence-corrected chi connectivity index (χ4v) is 2.30. The molecule has 1 rings (SSSR count). The Morgan fingerprint density at radius 2 is 2.09 bits per heavy atom. The number of anilines is 1. The summed E-state index contributed by atoms with van der Waals surface area (Å²) in [6, 6.07) is 5.27. The quantitative estimate of drug-likeness (QED) is 0.381. The van der Waals surface area contributed by atoms with Gasteiger partial charge >= 0.3 is 0 Å². The molecule has 0 aliphatic carbocycles. The zero-order chi connectivity index (χ0) is 17.6. The number of hydrogen-bond donors (Lipinski definition) is 3. The van der Waals surface area contributed by atoms with Gasteiger partial charge in [-0.3, -0.25) is 4.90 Å². The minimum atomic E-state index is -0.942. The van der Waals surface area contributed by atoms with E-state index in [1.807, 2.05) is 20.8 Å². The van der Waals surface area contributed by atoms with Crippen molar-refractivity contribution < 1.29 is 14.9 Å². The van der Waals surface area contributed by atoms with Crippen LogP contribution in [0.5, 0.6) is 0 Å². The summed E-state index contributed by atoms with van der Waals surface area (Å²) in [6.07, 6.45) is -0.174. The summed E-state index contributed by atoms with van der Waals surface area (Å²) in [7, 11) is 3.32. The van der Waals surface area contributed by atoms with Crippen LogP contribution < -0.4 is 10.4 Å². The number of nitrogens with one attached hydrogen (secondary N) is 2. The summed E-state index contributed by atoms with van der Waals surface area (Å²) in [5.41, 5.74) is 0.845. The predicted molar refractivity (Wildman–Crippen MR) is 93.9 cm³/mol. The lowest BCUT2D eigenvalue weighted by Crippen LogP contribution is -2.98. The SMILES string of the molecule is CN(CCCNc1c(Cl)cccc1[NH+](C)[O-])C(O)OC(C)(C)C. The Bertz CT molecular complexity index is 492. The molecule has 0 saturated heterocycles. The number of aliphatic hydroxyl groups is 1. The van der Waals surface area contributed by atoms with E-state index in [1.54, 1.807) is 30.1 Å². The largest absolute Gasteiger partial charge is 0.629 e. The highest BCUT2D eigenvalue weighted by Crippen LogP contribution is 2.27. The molecule has 0 fully saturated rings. The van der Waals surface area contributed by atoms with Crippen LogP contribution in [0.1, 0.15) is 27.2 Å². The highest BCUT2D eigenvalue weighted by atomic mass is 35.5. The first-order valence-electron chi connectivity index (χ1n) is 7.71. The molecule has 132 valence electrons. The Morgan fingerprint density at radius 3 is 2.65 bits per heavy atom. The highest BCUT2D eigenvalue weighted by molar-refractivity contribution is 6.33. The van der Waals surface area contributed by atoms with Crippen molar-refractivity contribution in [2.75, 3.05) is 32.5 Å². The van der Waals surface area contributed by atoms with Crippen LogP contribution >= 0.6 is 11.6 Å². The van der Waals surface area contributed by atoms with E-state index in [2.05, 4.69) is 5.32 Å². The first-order valence-corrected chi connectivity index (χ1v) is 8.09. The Balaban J connectivity index is 2.46. The Kier molecular flexibility index (Phi) is 7.73. The molecular weight excluding hydrogens is 318 g/mol. The summed E-state index contributed by atoms with van der Waals surface area (Å²) in [5.74, 6) is 0. The second-order valence-corrected chi connectivity index (χ2v) is 6.94. The maximum Gasteiger partial charge on any atom is 0.216 e. The van der Waals surface area contributed by atoms with Crippen LogP contribution in [0.15, 0.2) is 18.2 Å². The van der Waals surface area contributed by atoms with Crippen molar-refractivity contribution in [1.29, 1.82) is 0 Å². The molecule has 0 spiro atoms. The molecule has 0 aliphatic heterocycles. The minimum absolute atomic E-state index is 0.0267. The predicted octanol–water partition coefficient (Wildman–Crippen LogP) is 1.81. The van der Waals surface area contributed by atoms with Crippen LogP contribution in [0, 0.1) is 5.21 Å². The third-order valence-corrected chi connectivity index (χ3v) is 3.53. The summed E-state index contributed by atoms with van der Waals surface area (Å²) in [5, 5.41) is 25.3. The minimum Gasteiger partial charge on any atom is -0.629 e. The van der Waals surface area contributed by atoms with Gasteiger partial charge in [0.2, 0.25) is 6.41 Å². The standard InChI is InChI=1S/C16H28ClN3O3/c1-16(2,3)23-15(21)19(4)11-7-10-18-14-12(17)8-6-9-13(14)20(5)22/h6,8-9,15,18,20-21H,7,10-11H2,1-5H3. The topological polar surface area (TPSA) is 72.2 Å². The maximum atomic E-state index is 11.6. The van der Waals surface area contributed by atoms with E-state index in [0.717, 1.165) is 6.42 Å². The number of hydrogen-bond acceptors (Lipinski definition) is 5. The lowest BCUT2D eigenvalue weighted by molar-refractivity contribution is -0.750. The van der Waals surface area contributed by atoms with Gasteiger partial charge in [-0.05, 0) is 40.3 Å². The van der Waals surface area contributed by atoms with Crippen molar-refractivity contribution in [2.45, 2.75) is 39.2 Å². The smallest absolute Gasteiger partial charge is 0.216 e. The lowest BCUT2D eigenvalue weighted by atomic mass is 10.2. The van der Waals surface area contributed by atoms with Crippen LogP contribution in [0.4, 0.5) is 11.4 Å². The van der Waals surface area contributed by atoms with Gasteiger partial charge < -0.3 is 25.4 Å². The molecule has 2 atom stereocenters. The van der Waals surface area contributed by atoms with Crippen molar-refractivity contribution in [1.82, 2.24) is 4.90 Å². The number of halogens is 1. The number of aliphatic hydroxyl groups excluding tert-OH is 1. The van der Waals surface area contributed by atoms with Gasteiger partial charge in [0.1, 0.15) is 5.69 Å². The molecule has 1 aromatic rings. The van der Waals surface area contributed by atoms with Crippen molar-refractivity contribution in [2.24, 2.45) is 0 Å². The number of nitrogens with zero attached hydrogens (tertiary/aromatic N) is 1. The van der Waals surface area contributed by atoms with E-state index >= 15 is 0 Å². The first-order chi connectivity index (χ1) is 10.6. The Hall–Kier alpha value is -0.890. The number of ether oxygens (including phenoxy) is 1. The molecule has 6 nitrogen and oxygen atoms in total. The molecule has 0 aromatic heterocycles. The zero-order valence-electron chi connectivity index (χ0n) is 14.5. The number of para-hydroxylation sites is 1. The van der Waals surface area contributed by atoms with Gasteiger partial charge in [0, 0.05) is 19.2 Å². The number of benzene rings is 1. The zero-order valence-corrected chi connectivity index (χ0v) is 15.3. The van der Waals surface area contributed by atoms with E-state index in [4.69, 9.17) is 16.3 Å². The van der Waals surface area contributed by atoms with Crippen LogP contribution in [-0.2, 0) is 4.74 Å². The van der Waals surface area contributed by atoms with Gasteiger partial charge in [-0.15, -0.1) is 0 Å². The normalized spacial score (nSPS) is 14.8. The second kappa shape index (κ2) is 8.82. The Morgan fingerprint density at radius 1 is 1.43 bits per heavy atom. The van der Waals surface area contributed by atoms with E-state index in [1.165, 1.54) is 7.05 Å². The van der Waals surface area contributed by atoms with Crippen molar-refractivity contribution in [3.63, 3.8) is 0 Å². The average Bonchev–Trinajstić information content (AvgIpc) is 2.42. The number of hydroxylamine groups is 1. The summed E-state index contributed by atoms with van der Waals surface area (Å²) < 4.78 is 5.48. The highest BCUT2D eigenvalue weighted by Gasteiger charge is 2.19. The monoisotopic (exact) mass is 345 g/mol. The van der Waals surface area contributed by atoms with Gasteiger partial charge in [0.05, 0.1) is 17.7 Å². The molecule has 2 unspecified atom stereocenters. The van der Waals surface area contributed by atoms with Gasteiger partial charge in [-0.2, -0.15) is 0 Å². The van der Waals surface area contributed by atoms with E-state index in [-0.39, 0.29) is 5.06 Å². The van der Waals surface area contributed by atoms with Crippen molar-refractivity contribution >= 4 is 23.0 Å². The lowest BCUT2D eigenvalue weighted by Gasteiger charge is -2.30. The number of quaternary nitrogens is 1. The van der Waals surface area contributed by atoms with Crippen molar-refractivity contribution in [3.05, 3.63) is 28.4 Å². The van der Waals surface area contributed by atoms with Gasteiger partial charge in [0.15, 0.2) is 5.69 Å². The molecule has 0 saturated carbocycles. The third kappa shape index (κ3) is 7.03. The Labute approximate surface area is 143 Å². The molecule has 1 aromatic carbocycles. The van der Waals surface area contributed by atoms with E-state index in [9.17, 15) is 10.3 Å². The molecular formula is C16H28ClN3O3. The molecule has 0 heterocycles. The maximum absolute atomic E-state index is 11.6. The molecule has 23 heavy (non-hydrogen) atoms. The van der Waals surface area contributed by atoms with Gasteiger partial charge in [-0.25, -0.2) is 0 Å². The molecule has 0 radical (unpaired) electrons. The summed E-state index contributed by atoms with van der Waals surface area (Å²) >= 11 is 6.15. The third-order valence-electron chi connectivity index (χ3n) is 3.22. The molecule has 7 heteroatoms. The second-order valence-electron chi connectivity index (χ2n) is 6.54. The average molecular weight is 346 g/mol. The van der Waals surface area contributed by atoms with Crippen molar-refractivity contribution in [3.8, 4) is 0 Å². The molecule has 0 aliphatic rings. The fourth-order valence-electron chi connectivity index (χ4n) is 2.06. The summed E-state index contributed by atoms with van der Waals surface area (Å²) in [6.45, 7) is 6.96. The van der Waals surface area contributed by atoms with Crippen LogP contribution in [-0.4, -0.2) is 49.2 Å². The van der Waals surface area contributed by atoms with E-state index < -0.39 is 12.0 Å².